The lowest BCUT2D eigenvalue weighted by atomic mass is 10.4. The lowest BCUT2D eigenvalue weighted by molar-refractivity contribution is 0.252. The van der Waals surface area contributed by atoms with E-state index in [9.17, 15) is 4.79 Å². The number of amides is 2. The number of nitrogens with one attached hydrogen (secondary N) is 2. The Hall–Kier alpha value is -2.02. The van der Waals surface area contributed by atoms with Crippen LogP contribution in [0.1, 0.15) is 40.2 Å². The molecule has 2 aromatic rings. The maximum atomic E-state index is 11.8. The molecule has 0 aliphatic heterocycles. The number of carbonyl (C=O) groups is 1. The second-order valence-electron chi connectivity index (χ2n) is 5.48. The van der Waals surface area contributed by atoms with E-state index in [1.807, 2.05) is 6.92 Å². The van der Waals surface area contributed by atoms with Crippen LogP contribution in [0.25, 0.3) is 0 Å². The number of hydrogen-bond acceptors (Lipinski definition) is 5. The van der Waals surface area contributed by atoms with Gasteiger partial charge >= 0.3 is 6.03 Å². The molecule has 2 amide bonds. The second-order valence-corrected chi connectivity index (χ2v) is 6.77. The van der Waals surface area contributed by atoms with Crippen LogP contribution in [0.5, 0.6) is 0 Å². The Morgan fingerprint density at radius 1 is 1.32 bits per heavy atom. The summed E-state index contributed by atoms with van der Waals surface area (Å²) in [5, 5.41) is 6.61. The van der Waals surface area contributed by atoms with Crippen molar-refractivity contribution in [3.05, 3.63) is 33.8 Å². The number of urea groups is 1. The van der Waals surface area contributed by atoms with Gasteiger partial charge in [-0.3, -0.25) is 0 Å². The van der Waals surface area contributed by atoms with Gasteiger partial charge in [-0.15, -0.1) is 11.3 Å². The van der Waals surface area contributed by atoms with Crippen LogP contribution in [0.3, 0.4) is 0 Å². The first-order valence-corrected chi connectivity index (χ1v) is 8.23. The number of anilines is 1. The lowest BCUT2D eigenvalue weighted by Gasteiger charge is -2.06. The Labute approximate surface area is 133 Å². The molecular weight excluding hydrogens is 298 g/mol. The Kier molecular flexibility index (Phi) is 4.33. The van der Waals surface area contributed by atoms with E-state index in [-0.39, 0.29) is 6.03 Å². The van der Waals surface area contributed by atoms with E-state index in [2.05, 4.69) is 32.5 Å². The van der Waals surface area contributed by atoms with Crippen LogP contribution in [-0.2, 0) is 6.42 Å². The molecular formula is C15H19N5OS. The summed E-state index contributed by atoms with van der Waals surface area (Å²) in [6.07, 6.45) is 6.40. The summed E-state index contributed by atoms with van der Waals surface area (Å²) >= 11 is 1.68. The minimum Gasteiger partial charge on any atom is -0.337 e. The molecule has 0 unspecified atom stereocenters. The fourth-order valence-electron chi connectivity index (χ4n) is 2.06. The van der Waals surface area contributed by atoms with Crippen molar-refractivity contribution < 1.29 is 4.79 Å². The molecule has 1 fully saturated rings. The van der Waals surface area contributed by atoms with Gasteiger partial charge in [0.15, 0.2) is 0 Å². The molecule has 6 nitrogen and oxygen atoms in total. The number of aryl methyl sites for hydroxylation is 2. The van der Waals surface area contributed by atoms with Gasteiger partial charge in [-0.1, -0.05) is 0 Å². The Balaban J connectivity index is 1.43. The van der Waals surface area contributed by atoms with Gasteiger partial charge in [0, 0.05) is 23.8 Å². The van der Waals surface area contributed by atoms with Crippen molar-refractivity contribution in [1.82, 2.24) is 20.3 Å². The second kappa shape index (κ2) is 6.39. The first-order valence-electron chi connectivity index (χ1n) is 7.41. The van der Waals surface area contributed by atoms with Crippen LogP contribution in [0.4, 0.5) is 10.5 Å². The first-order chi connectivity index (χ1) is 10.6. The molecule has 3 rings (SSSR count). The number of thiazole rings is 1. The molecule has 0 radical (unpaired) electrons. The summed E-state index contributed by atoms with van der Waals surface area (Å²) in [6, 6.07) is -0.243. The van der Waals surface area contributed by atoms with Crippen LogP contribution < -0.4 is 10.6 Å². The van der Waals surface area contributed by atoms with Crippen molar-refractivity contribution in [3.63, 3.8) is 0 Å². The fourth-order valence-corrected chi connectivity index (χ4v) is 2.99. The highest BCUT2D eigenvalue weighted by atomic mass is 32.1. The van der Waals surface area contributed by atoms with Gasteiger partial charge in [-0.05, 0) is 26.7 Å². The van der Waals surface area contributed by atoms with Crippen molar-refractivity contribution in [2.45, 2.75) is 39.0 Å². The molecule has 0 spiro atoms. The Bertz CT molecular complexity index is 644. The maximum absolute atomic E-state index is 11.8. The van der Waals surface area contributed by atoms with Gasteiger partial charge in [0.1, 0.15) is 5.82 Å². The third-order valence-electron chi connectivity index (χ3n) is 3.57. The standard InChI is InChI=1S/C15H19N5OS/c1-9-10(2)22-13(19-9)5-6-16-15(21)20-12-7-17-14(18-8-12)11-3-4-11/h7-8,11H,3-6H2,1-2H3,(H2,16,20,21). The smallest absolute Gasteiger partial charge is 0.319 e. The van der Waals surface area contributed by atoms with Crippen molar-refractivity contribution in [1.29, 1.82) is 0 Å². The predicted molar refractivity (Wildman–Crippen MR) is 86.3 cm³/mol. The summed E-state index contributed by atoms with van der Waals surface area (Å²) in [5.41, 5.74) is 1.68. The van der Waals surface area contributed by atoms with E-state index < -0.39 is 0 Å². The SMILES string of the molecule is Cc1nc(CCNC(=O)Nc2cnc(C3CC3)nc2)sc1C. The monoisotopic (exact) mass is 317 g/mol. The average molecular weight is 317 g/mol. The van der Waals surface area contributed by atoms with Crippen LogP contribution in [0.15, 0.2) is 12.4 Å². The van der Waals surface area contributed by atoms with Crippen molar-refractivity contribution in [2.24, 2.45) is 0 Å². The molecule has 22 heavy (non-hydrogen) atoms. The molecule has 2 heterocycles. The predicted octanol–water partition coefficient (Wildman–Crippen LogP) is 2.79. The Morgan fingerprint density at radius 2 is 2.05 bits per heavy atom. The van der Waals surface area contributed by atoms with Crippen molar-refractivity contribution in [3.8, 4) is 0 Å². The molecule has 0 bridgehead atoms. The molecule has 116 valence electrons. The van der Waals surface area contributed by atoms with Crippen LogP contribution >= 0.6 is 11.3 Å². The number of rotatable bonds is 5. The van der Waals surface area contributed by atoms with Crippen molar-refractivity contribution in [2.75, 3.05) is 11.9 Å². The van der Waals surface area contributed by atoms with Gasteiger partial charge in [0.05, 0.1) is 28.8 Å². The van der Waals surface area contributed by atoms with Gasteiger partial charge < -0.3 is 10.6 Å². The molecule has 1 aliphatic rings. The average Bonchev–Trinajstić information content (AvgIpc) is 3.27. The van der Waals surface area contributed by atoms with Gasteiger partial charge in [0.2, 0.25) is 0 Å². The molecule has 2 aromatic heterocycles. The van der Waals surface area contributed by atoms with Gasteiger partial charge in [-0.25, -0.2) is 19.7 Å². The minimum absolute atomic E-state index is 0.243. The third-order valence-corrected chi connectivity index (χ3v) is 4.70. The zero-order chi connectivity index (χ0) is 15.5. The number of aromatic nitrogens is 3. The quantitative estimate of drug-likeness (QED) is 0.888. The molecule has 2 N–H and O–H groups in total. The highest BCUT2D eigenvalue weighted by Crippen LogP contribution is 2.37. The number of nitrogens with zero attached hydrogens (tertiary/aromatic N) is 3. The van der Waals surface area contributed by atoms with Crippen LogP contribution in [0.2, 0.25) is 0 Å². The molecule has 7 heteroatoms. The minimum atomic E-state index is -0.243. The summed E-state index contributed by atoms with van der Waals surface area (Å²) in [6.45, 7) is 4.61. The van der Waals surface area contributed by atoms with E-state index in [0.717, 1.165) is 22.9 Å². The van der Waals surface area contributed by atoms with Crippen molar-refractivity contribution >= 4 is 23.1 Å². The first kappa shape index (κ1) is 14.9. The fraction of sp³-hybridized carbons (Fsp3) is 0.467. The van der Waals surface area contributed by atoms with E-state index in [1.54, 1.807) is 23.7 Å². The summed E-state index contributed by atoms with van der Waals surface area (Å²) in [7, 11) is 0. The molecule has 1 aliphatic carbocycles. The largest absolute Gasteiger partial charge is 0.337 e. The highest BCUT2D eigenvalue weighted by Gasteiger charge is 2.26. The van der Waals surface area contributed by atoms with Crippen LogP contribution in [0, 0.1) is 13.8 Å². The lowest BCUT2D eigenvalue weighted by Crippen LogP contribution is -2.30. The summed E-state index contributed by atoms with van der Waals surface area (Å²) in [4.78, 5) is 26.0. The molecule has 0 saturated heterocycles. The molecule has 0 atom stereocenters. The Morgan fingerprint density at radius 3 is 2.64 bits per heavy atom. The molecule has 0 aromatic carbocycles. The third kappa shape index (κ3) is 3.79. The maximum Gasteiger partial charge on any atom is 0.319 e. The van der Waals surface area contributed by atoms with E-state index in [4.69, 9.17) is 0 Å². The topological polar surface area (TPSA) is 79.8 Å². The summed E-state index contributed by atoms with van der Waals surface area (Å²) < 4.78 is 0. The van der Waals surface area contributed by atoms with E-state index >= 15 is 0 Å². The van der Waals surface area contributed by atoms with E-state index in [1.165, 1.54) is 17.7 Å². The van der Waals surface area contributed by atoms with Gasteiger partial charge in [-0.2, -0.15) is 0 Å². The van der Waals surface area contributed by atoms with Crippen LogP contribution in [-0.4, -0.2) is 27.5 Å². The zero-order valence-corrected chi connectivity index (χ0v) is 13.5. The van der Waals surface area contributed by atoms with E-state index in [0.29, 0.717) is 18.2 Å². The summed E-state index contributed by atoms with van der Waals surface area (Å²) in [5.74, 6) is 1.40. The molecule has 1 saturated carbocycles. The normalized spacial score (nSPS) is 13.9. The highest BCUT2D eigenvalue weighted by molar-refractivity contribution is 7.11. The van der Waals surface area contributed by atoms with Gasteiger partial charge in [0.25, 0.3) is 0 Å². The zero-order valence-electron chi connectivity index (χ0n) is 12.7. The number of hydrogen-bond donors (Lipinski definition) is 2. The number of carbonyl (C=O) groups excluding carboxylic acids is 1.